The van der Waals surface area contributed by atoms with E-state index in [0.29, 0.717) is 142 Å². The Hall–Kier alpha value is -5.01. The lowest BCUT2D eigenvalue weighted by atomic mass is 10.1. The summed E-state index contributed by atoms with van der Waals surface area (Å²) in [6.45, 7) is 6.55. The van der Waals surface area contributed by atoms with Crippen LogP contribution in [0.2, 0.25) is 0 Å². The number of Topliss-reactive ketones (excluding diaryl/α,β-unsaturated/α-hetero) is 1. The number of amides is 9. The number of methoxy groups -OCH3 is 6. The minimum atomic E-state index is -0.487. The molecule has 0 aromatic heterocycles. The summed E-state index contributed by atoms with van der Waals surface area (Å²) in [6.07, 6.45) is 3.73. The third kappa shape index (κ3) is 42.5. The van der Waals surface area contributed by atoms with Crippen LogP contribution in [-0.2, 0) is 90.6 Å². The van der Waals surface area contributed by atoms with E-state index in [0.717, 1.165) is 9.80 Å². The minimum absolute atomic E-state index is 0.0366. The third-order valence-electron chi connectivity index (χ3n) is 10.6. The summed E-state index contributed by atoms with van der Waals surface area (Å²) in [4.78, 5) is 130. The van der Waals surface area contributed by atoms with Gasteiger partial charge in [-0.2, -0.15) is 0 Å². The Balaban J connectivity index is 0. The number of ether oxygens (including phenoxy) is 9. The van der Waals surface area contributed by atoms with E-state index in [-0.39, 0.29) is 104 Å². The zero-order chi connectivity index (χ0) is 59.5. The molecule has 2 heterocycles. The van der Waals surface area contributed by atoms with Gasteiger partial charge in [0.1, 0.15) is 5.78 Å². The molecule has 2 aliphatic rings. The van der Waals surface area contributed by atoms with Crippen LogP contribution in [0.4, 0.5) is 4.79 Å². The molecule has 5 N–H and O–H groups in total. The number of alkyl carbamates (subject to hydrolysis) is 1. The van der Waals surface area contributed by atoms with Gasteiger partial charge in [-0.3, -0.25) is 57.7 Å². The fraction of sp³-hybridized carbons (Fsp3) is 0.780. The third-order valence-corrected chi connectivity index (χ3v) is 13.0. The number of esters is 1. The zero-order valence-corrected chi connectivity index (χ0v) is 49.2. The van der Waals surface area contributed by atoms with E-state index in [1.807, 2.05) is 0 Å². The number of carbonyl (C=O) groups is 11. The maximum atomic E-state index is 12.3. The highest BCUT2D eigenvalue weighted by Gasteiger charge is 2.39. The lowest BCUT2D eigenvalue weighted by molar-refractivity contribution is -0.141. The summed E-state index contributed by atoms with van der Waals surface area (Å²) in [6, 6.07) is 0. The second-order valence-corrected chi connectivity index (χ2v) is 19.2. The number of imide groups is 2. The normalized spacial score (nSPS) is 14.4. The van der Waals surface area contributed by atoms with Crippen LogP contribution in [0.25, 0.3) is 0 Å². The first-order chi connectivity index (χ1) is 38.0. The van der Waals surface area contributed by atoms with Crippen LogP contribution < -0.4 is 26.6 Å². The molecule has 0 aromatic rings. The highest BCUT2D eigenvalue weighted by molar-refractivity contribution is 8.00. The number of carbonyl (C=O) groups excluding carboxylic acids is 11. The molecule has 2 atom stereocenters. The van der Waals surface area contributed by atoms with Crippen molar-refractivity contribution in [1.82, 2.24) is 36.4 Å². The van der Waals surface area contributed by atoms with Gasteiger partial charge in [0.2, 0.25) is 47.3 Å². The molecule has 2 saturated heterocycles. The number of hydrogen-bond acceptors (Lipinski definition) is 22. The topological polar surface area (TPSA) is 337 Å². The first kappa shape index (κ1) is 76.1. The maximum Gasteiger partial charge on any atom is 0.406 e. The van der Waals surface area contributed by atoms with Crippen molar-refractivity contribution in [1.29, 1.82) is 0 Å². The van der Waals surface area contributed by atoms with Crippen LogP contribution in [-0.4, -0.2) is 252 Å². The van der Waals surface area contributed by atoms with Crippen molar-refractivity contribution >= 4 is 88.6 Å². The summed E-state index contributed by atoms with van der Waals surface area (Å²) in [5.41, 5.74) is 0. The fourth-order valence-corrected chi connectivity index (χ4v) is 8.48. The van der Waals surface area contributed by atoms with Crippen molar-refractivity contribution in [2.24, 2.45) is 0 Å². The molecule has 0 saturated carbocycles. The summed E-state index contributed by atoms with van der Waals surface area (Å²) in [5, 5.41) is 11.9. The molecule has 0 radical (unpaired) electrons. The SMILES string of the molecule is CNC(=O)CCSC1CC(=O)N(CCC(=O)NCCCC(=O)CCCOC)C1=O.CNC(=O)CCSC1CC(=O)N(CCC(=O)NCCOCCOC)C1=O.COCCOCCCC(=O)OC.COCCOCCNC(=O)OC. The number of thioether (sulfide) groups is 2. The molecule has 0 aliphatic carbocycles. The van der Waals surface area contributed by atoms with E-state index >= 15 is 0 Å². The quantitative estimate of drug-likeness (QED) is 0.0306. The van der Waals surface area contributed by atoms with E-state index in [2.05, 4.69) is 36.1 Å². The zero-order valence-electron chi connectivity index (χ0n) is 47.5. The molecular formula is C50H89N7O20S2. The van der Waals surface area contributed by atoms with Crippen LogP contribution in [0.1, 0.15) is 77.0 Å². The molecule has 0 bridgehead atoms. The average molecular weight is 1170 g/mol. The van der Waals surface area contributed by atoms with Crippen LogP contribution in [0.15, 0.2) is 0 Å². The van der Waals surface area contributed by atoms with Crippen molar-refractivity contribution in [2.45, 2.75) is 87.5 Å². The van der Waals surface area contributed by atoms with Gasteiger partial charge >= 0.3 is 12.1 Å². The molecule has 2 fully saturated rings. The summed E-state index contributed by atoms with van der Waals surface area (Å²) in [7, 11) is 12.2. The highest BCUT2D eigenvalue weighted by atomic mass is 32.2. The highest BCUT2D eigenvalue weighted by Crippen LogP contribution is 2.27. The van der Waals surface area contributed by atoms with Gasteiger partial charge in [0.15, 0.2) is 0 Å². The maximum absolute atomic E-state index is 12.3. The van der Waals surface area contributed by atoms with Crippen LogP contribution in [0.5, 0.6) is 0 Å². The molecular weight excluding hydrogens is 1080 g/mol. The molecule has 9 amide bonds. The van der Waals surface area contributed by atoms with Crippen molar-refractivity contribution in [3.05, 3.63) is 0 Å². The second-order valence-electron chi connectivity index (χ2n) is 16.6. The summed E-state index contributed by atoms with van der Waals surface area (Å²) < 4.78 is 43.5. The van der Waals surface area contributed by atoms with E-state index in [1.54, 1.807) is 42.5 Å². The van der Waals surface area contributed by atoms with E-state index in [4.69, 9.17) is 33.2 Å². The second kappa shape index (κ2) is 52.4. The van der Waals surface area contributed by atoms with Gasteiger partial charge in [-0.25, -0.2) is 4.79 Å². The molecule has 29 heteroatoms. The van der Waals surface area contributed by atoms with Gasteiger partial charge in [0.05, 0.1) is 77.6 Å². The van der Waals surface area contributed by atoms with Crippen LogP contribution in [0.3, 0.4) is 0 Å². The van der Waals surface area contributed by atoms with Crippen molar-refractivity contribution in [2.75, 3.05) is 167 Å². The number of rotatable bonds is 41. The Morgan fingerprint density at radius 2 is 0.873 bits per heavy atom. The first-order valence-electron chi connectivity index (χ1n) is 26.0. The number of nitrogens with zero attached hydrogens (tertiary/aromatic N) is 2. The number of likely N-dealkylation sites (tertiary alicyclic amines) is 2. The molecule has 2 rings (SSSR count). The predicted molar refractivity (Wildman–Crippen MR) is 293 cm³/mol. The Morgan fingerprint density at radius 1 is 0.456 bits per heavy atom. The monoisotopic (exact) mass is 1170 g/mol. The number of nitrogens with one attached hydrogen (secondary N) is 5. The van der Waals surface area contributed by atoms with Gasteiger partial charge in [0, 0.05) is 158 Å². The van der Waals surface area contributed by atoms with Crippen LogP contribution >= 0.6 is 23.5 Å². The predicted octanol–water partition coefficient (Wildman–Crippen LogP) is 0.0259. The summed E-state index contributed by atoms with van der Waals surface area (Å²) in [5.74, 6) is -0.972. The largest absolute Gasteiger partial charge is 0.469 e. The standard InChI is InChI=1S/C19H31N3O6S.C16H27N3O6S.C8H16O4.C7H15NO4/c1-20-16(24)8-12-29-15-13-18(26)22(19(15)27)10-7-17(25)21-9-3-5-14(23)6-4-11-28-2;1-17-13(20)4-10-26-12-11-15(22)19(16(12)23)6-3-14(21)18-5-7-25-9-8-24-2;1-10-6-7-12-5-3-4-8(9)11-2;1-10-5-6-12-4-3-8-7(9)11-2/h15H,3-13H2,1-2H3,(H,20,24)(H,21,25);12H,3-11H2,1-2H3,(H,17,20)(H,18,21);3-7H2,1-2H3;3-6H2,1-2H3,(H,8,9). The molecule has 2 aliphatic heterocycles. The average Bonchev–Trinajstić information content (AvgIpc) is 3.87. The molecule has 0 aromatic carbocycles. The smallest absolute Gasteiger partial charge is 0.406 e. The van der Waals surface area contributed by atoms with Crippen molar-refractivity contribution < 1.29 is 95.4 Å². The van der Waals surface area contributed by atoms with E-state index in [9.17, 15) is 52.7 Å². The van der Waals surface area contributed by atoms with Gasteiger partial charge in [0.25, 0.3) is 0 Å². The molecule has 0 spiro atoms. The Morgan fingerprint density at radius 3 is 1.30 bits per heavy atom. The minimum Gasteiger partial charge on any atom is -0.469 e. The van der Waals surface area contributed by atoms with Gasteiger partial charge < -0.3 is 69.2 Å². The van der Waals surface area contributed by atoms with Crippen LogP contribution in [0, 0.1) is 0 Å². The number of ketones is 1. The Kier molecular flexibility index (Phi) is 50.4. The lowest BCUT2D eigenvalue weighted by Crippen LogP contribution is -2.36. The van der Waals surface area contributed by atoms with Gasteiger partial charge in [-0.1, -0.05) is 0 Å². The molecule has 27 nitrogen and oxygen atoms in total. The fourth-order valence-electron chi connectivity index (χ4n) is 6.24. The molecule has 2 unspecified atom stereocenters. The van der Waals surface area contributed by atoms with Gasteiger partial charge in [-0.15, -0.1) is 23.5 Å². The van der Waals surface area contributed by atoms with E-state index in [1.165, 1.54) is 37.7 Å². The van der Waals surface area contributed by atoms with E-state index < -0.39 is 16.6 Å². The van der Waals surface area contributed by atoms with Gasteiger partial charge in [-0.05, 0) is 19.3 Å². The molecule has 456 valence electrons. The molecule has 79 heavy (non-hydrogen) atoms. The lowest BCUT2D eigenvalue weighted by Gasteiger charge is -2.14. The Bertz CT molecular complexity index is 1740. The Labute approximate surface area is 473 Å². The summed E-state index contributed by atoms with van der Waals surface area (Å²) >= 11 is 2.59. The first-order valence-corrected chi connectivity index (χ1v) is 28.0. The van der Waals surface area contributed by atoms with Crippen molar-refractivity contribution in [3.8, 4) is 0 Å². The number of hydrogen-bond donors (Lipinski definition) is 5. The van der Waals surface area contributed by atoms with Crippen molar-refractivity contribution in [3.63, 3.8) is 0 Å².